The highest BCUT2D eigenvalue weighted by molar-refractivity contribution is 5.96. The van der Waals surface area contributed by atoms with E-state index < -0.39 is 0 Å². The monoisotopic (exact) mass is 286 g/mol. The molecule has 0 aromatic heterocycles. The minimum atomic E-state index is -0.148. The van der Waals surface area contributed by atoms with Gasteiger partial charge in [0.25, 0.3) is 0 Å². The number of fused-ring (bicyclic) bond motifs is 5. The van der Waals surface area contributed by atoms with Gasteiger partial charge in [-0.1, -0.05) is 19.9 Å². The molecular weight excluding hydrogens is 260 g/mol. The Hall–Kier alpha value is -0.920. The van der Waals surface area contributed by atoms with Gasteiger partial charge in [-0.3, -0.25) is 9.59 Å². The van der Waals surface area contributed by atoms with E-state index in [2.05, 4.69) is 19.9 Å². The van der Waals surface area contributed by atoms with Gasteiger partial charge in [0, 0.05) is 17.3 Å². The van der Waals surface area contributed by atoms with Gasteiger partial charge in [-0.2, -0.15) is 0 Å². The number of ketones is 2. The first-order valence-corrected chi connectivity index (χ1v) is 8.72. The van der Waals surface area contributed by atoms with Crippen molar-refractivity contribution in [3.8, 4) is 0 Å². The number of Topliss-reactive ketones (excluding diaryl/α,β-unsaturated/α-hetero) is 1. The molecule has 4 aliphatic carbocycles. The summed E-state index contributed by atoms with van der Waals surface area (Å²) >= 11 is 0. The molecule has 4 rings (SSSR count). The summed E-state index contributed by atoms with van der Waals surface area (Å²) in [6.45, 7) is 4.44. The van der Waals surface area contributed by atoms with Crippen LogP contribution >= 0.6 is 0 Å². The lowest BCUT2D eigenvalue weighted by molar-refractivity contribution is -0.148. The van der Waals surface area contributed by atoms with E-state index in [9.17, 15) is 9.59 Å². The summed E-state index contributed by atoms with van der Waals surface area (Å²) in [6.07, 6.45) is 11.3. The molecule has 0 aromatic carbocycles. The van der Waals surface area contributed by atoms with E-state index in [1.807, 2.05) is 6.08 Å². The van der Waals surface area contributed by atoms with Crippen LogP contribution in [0.1, 0.15) is 58.8 Å². The van der Waals surface area contributed by atoms with Gasteiger partial charge in [-0.15, -0.1) is 0 Å². The fourth-order valence-electron chi connectivity index (χ4n) is 6.47. The van der Waals surface area contributed by atoms with E-state index >= 15 is 0 Å². The van der Waals surface area contributed by atoms with Crippen LogP contribution in [-0.4, -0.2) is 11.6 Å². The first-order chi connectivity index (χ1) is 9.98. The summed E-state index contributed by atoms with van der Waals surface area (Å²) in [5.41, 5.74) is -0.220. The van der Waals surface area contributed by atoms with Crippen LogP contribution in [0.15, 0.2) is 12.2 Å². The molecule has 2 heteroatoms. The number of carbonyl (C=O) groups excluding carboxylic acids is 2. The lowest BCUT2D eigenvalue weighted by atomic mass is 9.46. The van der Waals surface area contributed by atoms with Crippen molar-refractivity contribution in [2.24, 2.45) is 34.5 Å². The van der Waals surface area contributed by atoms with Crippen LogP contribution in [0.5, 0.6) is 0 Å². The third kappa shape index (κ3) is 1.59. The summed E-state index contributed by atoms with van der Waals surface area (Å²) in [5.74, 6) is 3.05. The molecular formula is C19H26O2. The Morgan fingerprint density at radius 1 is 1.05 bits per heavy atom. The topological polar surface area (TPSA) is 34.1 Å². The Morgan fingerprint density at radius 2 is 1.86 bits per heavy atom. The Morgan fingerprint density at radius 3 is 2.67 bits per heavy atom. The number of allylic oxidation sites excluding steroid dienone is 2. The molecule has 3 fully saturated rings. The molecule has 0 aliphatic heterocycles. The van der Waals surface area contributed by atoms with Crippen LogP contribution in [0.4, 0.5) is 0 Å². The molecule has 21 heavy (non-hydrogen) atoms. The summed E-state index contributed by atoms with van der Waals surface area (Å²) in [4.78, 5) is 25.0. The summed E-state index contributed by atoms with van der Waals surface area (Å²) in [5, 5.41) is 0. The van der Waals surface area contributed by atoms with Crippen LogP contribution < -0.4 is 0 Å². The molecule has 0 saturated heterocycles. The van der Waals surface area contributed by atoms with Gasteiger partial charge in [0.15, 0.2) is 5.78 Å². The van der Waals surface area contributed by atoms with E-state index in [1.54, 1.807) is 0 Å². The highest BCUT2D eigenvalue weighted by Crippen LogP contribution is 2.64. The van der Waals surface area contributed by atoms with Gasteiger partial charge in [0.2, 0.25) is 0 Å². The van der Waals surface area contributed by atoms with Crippen molar-refractivity contribution >= 4 is 11.6 Å². The van der Waals surface area contributed by atoms with E-state index in [1.165, 1.54) is 12.8 Å². The maximum absolute atomic E-state index is 12.7. The van der Waals surface area contributed by atoms with Gasteiger partial charge < -0.3 is 0 Å². The van der Waals surface area contributed by atoms with Crippen LogP contribution in [0.2, 0.25) is 0 Å². The first-order valence-electron chi connectivity index (χ1n) is 8.72. The number of rotatable bonds is 0. The van der Waals surface area contributed by atoms with E-state index in [0.29, 0.717) is 35.2 Å². The van der Waals surface area contributed by atoms with Crippen LogP contribution in [0.25, 0.3) is 0 Å². The Balaban J connectivity index is 1.72. The third-order valence-electron chi connectivity index (χ3n) is 7.83. The van der Waals surface area contributed by atoms with Gasteiger partial charge in [-0.05, 0) is 68.3 Å². The average molecular weight is 286 g/mol. The van der Waals surface area contributed by atoms with E-state index in [4.69, 9.17) is 0 Å². The number of hydrogen-bond acceptors (Lipinski definition) is 2. The second-order valence-corrected chi connectivity index (χ2v) is 8.35. The van der Waals surface area contributed by atoms with Gasteiger partial charge in [0.1, 0.15) is 5.78 Å². The lowest BCUT2D eigenvalue weighted by Crippen LogP contribution is -2.55. The standard InChI is InChI=1S/C19H26O2/c1-18-11-10-15-13(14(18)8-9-16(18)20)7-6-12-4-3-5-17(21)19(12,15)2/h3,5,12-15H,4,6-11H2,1-2H3/t12?,13-,14-,15-,18-,19-/m0/s1. The Bertz CT molecular complexity index is 534. The SMILES string of the molecule is C[C@]12C(=O)C=CCC1CC[C@@H]1[C@@H]2CC[C@]2(C)C(=O)CC[C@@H]12. The molecule has 2 nitrogen and oxygen atoms in total. The highest BCUT2D eigenvalue weighted by Gasteiger charge is 2.61. The fourth-order valence-corrected chi connectivity index (χ4v) is 6.47. The molecule has 3 saturated carbocycles. The summed E-state index contributed by atoms with van der Waals surface area (Å²) in [6, 6.07) is 0. The quantitative estimate of drug-likeness (QED) is 0.676. The average Bonchev–Trinajstić information content (AvgIpc) is 2.76. The van der Waals surface area contributed by atoms with Crippen molar-refractivity contribution in [3.63, 3.8) is 0 Å². The second-order valence-electron chi connectivity index (χ2n) is 8.35. The molecule has 0 heterocycles. The van der Waals surface area contributed by atoms with Crippen molar-refractivity contribution in [1.82, 2.24) is 0 Å². The van der Waals surface area contributed by atoms with Gasteiger partial charge in [0.05, 0.1) is 0 Å². The zero-order valence-electron chi connectivity index (χ0n) is 13.2. The summed E-state index contributed by atoms with van der Waals surface area (Å²) in [7, 11) is 0. The predicted octanol–water partition coefficient (Wildman–Crippen LogP) is 3.94. The molecule has 1 unspecified atom stereocenters. The largest absolute Gasteiger partial charge is 0.299 e. The maximum Gasteiger partial charge on any atom is 0.161 e. The Labute approximate surface area is 127 Å². The normalized spacial score (nSPS) is 52.3. The molecule has 114 valence electrons. The van der Waals surface area contributed by atoms with Crippen LogP contribution in [0, 0.1) is 34.5 Å². The van der Waals surface area contributed by atoms with E-state index in [0.717, 1.165) is 32.1 Å². The van der Waals surface area contributed by atoms with Gasteiger partial charge in [-0.25, -0.2) is 0 Å². The predicted molar refractivity (Wildman–Crippen MR) is 81.6 cm³/mol. The van der Waals surface area contributed by atoms with Crippen LogP contribution in [0.3, 0.4) is 0 Å². The van der Waals surface area contributed by atoms with Crippen molar-refractivity contribution in [1.29, 1.82) is 0 Å². The smallest absolute Gasteiger partial charge is 0.161 e. The molecule has 6 atom stereocenters. The highest BCUT2D eigenvalue weighted by atomic mass is 16.1. The zero-order chi connectivity index (χ0) is 14.8. The molecule has 0 N–H and O–H groups in total. The first kappa shape index (κ1) is 13.7. The lowest BCUT2D eigenvalue weighted by Gasteiger charge is -2.57. The minimum Gasteiger partial charge on any atom is -0.299 e. The van der Waals surface area contributed by atoms with Gasteiger partial charge >= 0.3 is 0 Å². The fraction of sp³-hybridized carbons (Fsp3) is 0.789. The second kappa shape index (κ2) is 4.30. The Kier molecular flexibility index (Phi) is 2.81. The molecule has 0 amide bonds. The van der Waals surface area contributed by atoms with Crippen LogP contribution in [-0.2, 0) is 9.59 Å². The minimum absolute atomic E-state index is 0.0715. The molecule has 0 aromatic rings. The molecule has 0 radical (unpaired) electrons. The third-order valence-corrected chi connectivity index (χ3v) is 7.83. The number of carbonyl (C=O) groups is 2. The molecule has 0 bridgehead atoms. The van der Waals surface area contributed by atoms with Crippen molar-refractivity contribution in [3.05, 3.63) is 12.2 Å². The van der Waals surface area contributed by atoms with E-state index in [-0.39, 0.29) is 10.8 Å². The summed E-state index contributed by atoms with van der Waals surface area (Å²) < 4.78 is 0. The number of hydrogen-bond donors (Lipinski definition) is 0. The maximum atomic E-state index is 12.7. The van der Waals surface area contributed by atoms with Crippen molar-refractivity contribution in [2.45, 2.75) is 58.8 Å². The zero-order valence-corrected chi connectivity index (χ0v) is 13.2. The molecule has 0 spiro atoms. The van der Waals surface area contributed by atoms with Crippen molar-refractivity contribution in [2.75, 3.05) is 0 Å². The van der Waals surface area contributed by atoms with Crippen molar-refractivity contribution < 1.29 is 9.59 Å². The molecule has 4 aliphatic rings.